The first kappa shape index (κ1) is 13.7. The van der Waals surface area contributed by atoms with Crippen molar-refractivity contribution < 1.29 is 14.7 Å². The van der Waals surface area contributed by atoms with Crippen LogP contribution in [-0.2, 0) is 4.79 Å². The van der Waals surface area contributed by atoms with Crippen molar-refractivity contribution in [2.24, 2.45) is 11.8 Å². The second kappa shape index (κ2) is 5.24. The second-order valence-electron chi connectivity index (χ2n) is 6.33. The van der Waals surface area contributed by atoms with Crippen LogP contribution in [0.5, 0.6) is 0 Å². The molecule has 0 spiro atoms. The minimum absolute atomic E-state index is 0.0919. The Morgan fingerprint density at radius 2 is 1.65 bits per heavy atom. The number of urea groups is 1. The van der Waals surface area contributed by atoms with Gasteiger partial charge < -0.3 is 14.9 Å². The molecule has 1 N–H and O–H groups in total. The molecule has 0 aromatic carbocycles. The summed E-state index contributed by atoms with van der Waals surface area (Å²) in [6.07, 6.45) is 2.63. The first-order chi connectivity index (χ1) is 9.56. The smallest absolute Gasteiger partial charge is 0.320 e. The van der Waals surface area contributed by atoms with E-state index in [9.17, 15) is 9.59 Å². The third-order valence-electron chi connectivity index (χ3n) is 4.92. The summed E-state index contributed by atoms with van der Waals surface area (Å²) >= 11 is 0. The van der Waals surface area contributed by atoms with Crippen molar-refractivity contribution in [2.75, 3.05) is 39.3 Å². The highest BCUT2D eigenvalue weighted by molar-refractivity contribution is 5.76. The summed E-state index contributed by atoms with van der Waals surface area (Å²) in [6.45, 7) is 6.50. The fourth-order valence-corrected chi connectivity index (χ4v) is 3.10. The third kappa shape index (κ3) is 2.61. The topological polar surface area (TPSA) is 64.1 Å². The van der Waals surface area contributed by atoms with Gasteiger partial charge in [0.1, 0.15) is 0 Å². The van der Waals surface area contributed by atoms with Gasteiger partial charge in [-0.3, -0.25) is 9.69 Å². The molecule has 2 heterocycles. The van der Waals surface area contributed by atoms with Crippen LogP contribution >= 0.6 is 0 Å². The highest BCUT2D eigenvalue weighted by Crippen LogP contribution is 2.29. The molecule has 1 aliphatic carbocycles. The fourth-order valence-electron chi connectivity index (χ4n) is 3.10. The van der Waals surface area contributed by atoms with Gasteiger partial charge in [0.2, 0.25) is 0 Å². The van der Waals surface area contributed by atoms with Gasteiger partial charge >= 0.3 is 12.0 Å². The van der Waals surface area contributed by atoms with Crippen LogP contribution in [0.1, 0.15) is 19.8 Å². The molecule has 112 valence electrons. The van der Waals surface area contributed by atoms with Crippen LogP contribution in [0.4, 0.5) is 4.79 Å². The summed E-state index contributed by atoms with van der Waals surface area (Å²) in [6, 6.07) is 0.867. The number of likely N-dealkylation sites (tertiary alicyclic amines) is 1. The molecule has 20 heavy (non-hydrogen) atoms. The largest absolute Gasteiger partial charge is 0.481 e. The van der Waals surface area contributed by atoms with E-state index in [4.69, 9.17) is 5.11 Å². The van der Waals surface area contributed by atoms with E-state index in [-0.39, 0.29) is 17.9 Å². The SMILES string of the molecule is CC(C(=O)O)C1CN(C(=O)N2CCN(C3CC3)CC2)C1. The van der Waals surface area contributed by atoms with E-state index in [1.807, 2.05) is 4.90 Å². The lowest BCUT2D eigenvalue weighted by Gasteiger charge is -2.45. The molecule has 3 aliphatic rings. The maximum absolute atomic E-state index is 12.3. The summed E-state index contributed by atoms with van der Waals surface area (Å²) in [5, 5.41) is 8.96. The lowest BCUT2D eigenvalue weighted by atomic mass is 9.87. The number of amides is 2. The number of carboxylic acid groups (broad SMARTS) is 1. The standard InChI is InChI=1S/C14H23N3O3/c1-10(13(18)19)11-8-17(9-11)14(20)16-6-4-15(5-7-16)12-2-3-12/h10-12H,2-9H2,1H3,(H,18,19). The molecule has 2 amide bonds. The van der Waals surface area contributed by atoms with Crippen molar-refractivity contribution in [1.29, 1.82) is 0 Å². The summed E-state index contributed by atoms with van der Waals surface area (Å²) < 4.78 is 0. The normalized spacial score (nSPS) is 26.2. The van der Waals surface area contributed by atoms with Crippen molar-refractivity contribution in [3.63, 3.8) is 0 Å². The first-order valence-corrected chi connectivity index (χ1v) is 7.57. The molecule has 3 rings (SSSR count). The molecule has 0 radical (unpaired) electrons. The predicted molar refractivity (Wildman–Crippen MR) is 73.4 cm³/mol. The van der Waals surface area contributed by atoms with Crippen LogP contribution in [0.25, 0.3) is 0 Å². The van der Waals surface area contributed by atoms with E-state index < -0.39 is 5.97 Å². The summed E-state index contributed by atoms with van der Waals surface area (Å²) in [4.78, 5) is 29.4. The summed E-state index contributed by atoms with van der Waals surface area (Å²) in [5.74, 6) is -1.00. The highest BCUT2D eigenvalue weighted by Gasteiger charge is 2.40. The second-order valence-corrected chi connectivity index (χ2v) is 6.33. The maximum Gasteiger partial charge on any atom is 0.320 e. The van der Waals surface area contributed by atoms with E-state index in [1.54, 1.807) is 11.8 Å². The van der Waals surface area contributed by atoms with E-state index in [1.165, 1.54) is 12.8 Å². The zero-order chi connectivity index (χ0) is 14.3. The Balaban J connectivity index is 1.43. The van der Waals surface area contributed by atoms with E-state index in [0.29, 0.717) is 13.1 Å². The third-order valence-corrected chi connectivity index (χ3v) is 4.92. The van der Waals surface area contributed by atoms with Crippen LogP contribution in [0.15, 0.2) is 0 Å². The molecule has 1 unspecified atom stereocenters. The number of carbonyl (C=O) groups is 2. The molecular weight excluding hydrogens is 258 g/mol. The quantitative estimate of drug-likeness (QED) is 0.820. The number of piperazine rings is 1. The average molecular weight is 281 g/mol. The predicted octanol–water partition coefficient (Wildman–Crippen LogP) is 0.539. The van der Waals surface area contributed by atoms with Gasteiger partial charge in [-0.15, -0.1) is 0 Å². The fraction of sp³-hybridized carbons (Fsp3) is 0.857. The Morgan fingerprint density at radius 1 is 1.05 bits per heavy atom. The molecule has 2 aliphatic heterocycles. The minimum Gasteiger partial charge on any atom is -0.481 e. The van der Waals surface area contributed by atoms with Crippen LogP contribution in [-0.4, -0.2) is 77.1 Å². The number of nitrogens with zero attached hydrogens (tertiary/aromatic N) is 3. The number of hydrogen-bond acceptors (Lipinski definition) is 3. The monoisotopic (exact) mass is 281 g/mol. The first-order valence-electron chi connectivity index (χ1n) is 7.57. The number of aliphatic carboxylic acids is 1. The lowest BCUT2D eigenvalue weighted by Crippen LogP contribution is -2.60. The molecule has 3 fully saturated rings. The molecule has 0 bridgehead atoms. The van der Waals surface area contributed by atoms with E-state index >= 15 is 0 Å². The number of rotatable bonds is 3. The van der Waals surface area contributed by atoms with Crippen molar-refractivity contribution in [2.45, 2.75) is 25.8 Å². The zero-order valence-corrected chi connectivity index (χ0v) is 12.0. The van der Waals surface area contributed by atoms with Crippen LogP contribution in [0.3, 0.4) is 0 Å². The van der Waals surface area contributed by atoms with E-state index in [0.717, 1.165) is 32.2 Å². The van der Waals surface area contributed by atoms with Crippen LogP contribution < -0.4 is 0 Å². The Labute approximate surface area is 119 Å². The van der Waals surface area contributed by atoms with Crippen LogP contribution in [0.2, 0.25) is 0 Å². The molecule has 0 aromatic heterocycles. The van der Waals surface area contributed by atoms with Gasteiger partial charge in [-0.05, 0) is 12.8 Å². The number of hydrogen-bond donors (Lipinski definition) is 1. The summed E-state index contributed by atoms with van der Waals surface area (Å²) in [5.41, 5.74) is 0. The highest BCUT2D eigenvalue weighted by atomic mass is 16.4. The lowest BCUT2D eigenvalue weighted by molar-refractivity contribution is -0.144. The average Bonchev–Trinajstić information content (AvgIpc) is 3.21. The van der Waals surface area contributed by atoms with Crippen molar-refractivity contribution >= 4 is 12.0 Å². The maximum atomic E-state index is 12.3. The summed E-state index contributed by atoms with van der Waals surface area (Å²) in [7, 11) is 0. The minimum atomic E-state index is -0.764. The van der Waals surface area contributed by atoms with E-state index in [2.05, 4.69) is 4.90 Å². The Morgan fingerprint density at radius 3 is 2.15 bits per heavy atom. The van der Waals surface area contributed by atoms with Gasteiger partial charge in [0.25, 0.3) is 0 Å². The van der Waals surface area contributed by atoms with Gasteiger partial charge in [0.15, 0.2) is 0 Å². The van der Waals surface area contributed by atoms with Crippen molar-refractivity contribution in [3.8, 4) is 0 Å². The van der Waals surface area contributed by atoms with Crippen molar-refractivity contribution in [3.05, 3.63) is 0 Å². The molecular formula is C14H23N3O3. The molecule has 6 heteroatoms. The zero-order valence-electron chi connectivity index (χ0n) is 12.0. The van der Waals surface area contributed by atoms with Gasteiger partial charge in [0, 0.05) is 51.2 Å². The van der Waals surface area contributed by atoms with Gasteiger partial charge in [-0.1, -0.05) is 6.92 Å². The number of carboxylic acids is 1. The molecule has 1 saturated carbocycles. The Kier molecular flexibility index (Phi) is 3.58. The van der Waals surface area contributed by atoms with Gasteiger partial charge in [0.05, 0.1) is 5.92 Å². The molecule has 2 saturated heterocycles. The van der Waals surface area contributed by atoms with Crippen LogP contribution in [0, 0.1) is 11.8 Å². The van der Waals surface area contributed by atoms with Gasteiger partial charge in [-0.2, -0.15) is 0 Å². The Hall–Kier alpha value is -1.30. The molecule has 0 aromatic rings. The molecule has 6 nitrogen and oxygen atoms in total. The number of carbonyl (C=O) groups excluding carboxylic acids is 1. The molecule has 1 atom stereocenters. The Bertz CT molecular complexity index is 396. The van der Waals surface area contributed by atoms with Crippen molar-refractivity contribution in [1.82, 2.24) is 14.7 Å². The van der Waals surface area contributed by atoms with Gasteiger partial charge in [-0.25, -0.2) is 4.79 Å².